The molecule has 0 radical (unpaired) electrons. The average molecular weight is 409 g/mol. The number of fused-ring (bicyclic) bond motifs is 2. The third-order valence-electron chi connectivity index (χ3n) is 5.69. The molecule has 0 aliphatic carbocycles. The topological polar surface area (TPSA) is 15.9 Å². The van der Waals surface area contributed by atoms with E-state index in [0.29, 0.717) is 0 Å². The van der Waals surface area contributed by atoms with Crippen molar-refractivity contribution in [1.29, 1.82) is 0 Å². The SMILES string of the molecule is C=[N+]1C=CC(c2cnc[c-]3[s+]ccc23)=C[C-]1c1cc(C(C)(C)C)c2ccccc2c1. The highest BCUT2D eigenvalue weighted by Gasteiger charge is 2.22. The van der Waals surface area contributed by atoms with Gasteiger partial charge in [0.25, 0.3) is 0 Å². The summed E-state index contributed by atoms with van der Waals surface area (Å²) in [6.07, 6.45) is 10.3. The van der Waals surface area contributed by atoms with Crippen molar-refractivity contribution >= 4 is 44.5 Å². The number of thiophene rings is 1. The minimum Gasteiger partial charge on any atom is -0.279 e. The largest absolute Gasteiger partial charge is 0.279 e. The Labute approximate surface area is 181 Å². The summed E-state index contributed by atoms with van der Waals surface area (Å²) >= 11 is 1.73. The van der Waals surface area contributed by atoms with Gasteiger partial charge in [0.15, 0.2) is 4.70 Å². The smallest absolute Gasteiger partial charge is 0.164 e. The molecule has 1 aliphatic rings. The Morgan fingerprint density at radius 3 is 2.77 bits per heavy atom. The zero-order valence-corrected chi connectivity index (χ0v) is 18.3. The molecule has 0 amide bonds. The Balaban J connectivity index is 1.68. The number of aromatic nitrogens is 1. The van der Waals surface area contributed by atoms with E-state index in [4.69, 9.17) is 0 Å². The van der Waals surface area contributed by atoms with Crippen LogP contribution in [0.15, 0.2) is 78.6 Å². The monoisotopic (exact) mass is 408 g/mol. The van der Waals surface area contributed by atoms with Crippen molar-refractivity contribution in [2.24, 2.45) is 0 Å². The first-order chi connectivity index (χ1) is 14.4. The highest BCUT2D eigenvalue weighted by atomic mass is 32.1. The lowest BCUT2D eigenvalue weighted by molar-refractivity contribution is -0.417. The van der Waals surface area contributed by atoms with Gasteiger partial charge < -0.3 is 0 Å². The zero-order chi connectivity index (χ0) is 20.9. The number of benzene rings is 2. The molecule has 30 heavy (non-hydrogen) atoms. The fourth-order valence-electron chi connectivity index (χ4n) is 4.15. The van der Waals surface area contributed by atoms with Gasteiger partial charge in [0.2, 0.25) is 0 Å². The summed E-state index contributed by atoms with van der Waals surface area (Å²) in [5.74, 6) is 0. The van der Waals surface area contributed by atoms with Crippen LogP contribution in [0.25, 0.3) is 26.4 Å². The standard InChI is InChI=1S/C27H24N2S/c1-27(2,3)24-14-20(13-18-7-5-6-8-21(18)24)25-15-19(9-11-29(25)4)23-16-28-17-26-22(23)10-12-30-26/h5-17H,4H2,1-3H3. The van der Waals surface area contributed by atoms with Crippen LogP contribution in [0.5, 0.6) is 0 Å². The Morgan fingerprint density at radius 2 is 1.93 bits per heavy atom. The molecule has 3 heterocycles. The third kappa shape index (κ3) is 3.16. The molecule has 2 aromatic carbocycles. The Bertz CT molecular complexity index is 1350. The number of pyridine rings is 1. The van der Waals surface area contributed by atoms with Gasteiger partial charge in [0, 0.05) is 6.20 Å². The van der Waals surface area contributed by atoms with E-state index in [1.807, 2.05) is 23.2 Å². The van der Waals surface area contributed by atoms with Gasteiger partial charge >= 0.3 is 0 Å². The summed E-state index contributed by atoms with van der Waals surface area (Å²) in [6.45, 7) is 11.1. The van der Waals surface area contributed by atoms with E-state index in [2.05, 4.69) is 92.5 Å². The second-order valence-electron chi connectivity index (χ2n) is 8.78. The van der Waals surface area contributed by atoms with E-state index in [9.17, 15) is 0 Å². The zero-order valence-electron chi connectivity index (χ0n) is 17.5. The lowest BCUT2D eigenvalue weighted by atomic mass is 9.81. The number of nitrogens with zero attached hydrogens (tertiary/aromatic N) is 2. The number of allylic oxidation sites excluding steroid dienone is 2. The van der Waals surface area contributed by atoms with E-state index in [1.54, 1.807) is 11.3 Å². The van der Waals surface area contributed by atoms with E-state index >= 15 is 0 Å². The van der Waals surface area contributed by atoms with Gasteiger partial charge in [-0.05, 0) is 34.0 Å². The first-order valence-corrected chi connectivity index (χ1v) is 11.0. The van der Waals surface area contributed by atoms with Gasteiger partial charge in [-0.1, -0.05) is 85.3 Å². The molecule has 3 heteroatoms. The number of hydrogen-bond acceptors (Lipinski definition) is 1. The molecular formula is C27H24N2S. The highest BCUT2D eigenvalue weighted by Crippen LogP contribution is 2.37. The van der Waals surface area contributed by atoms with Gasteiger partial charge in [-0.3, -0.25) is 9.56 Å². The van der Waals surface area contributed by atoms with Crippen LogP contribution in [-0.2, 0) is 5.41 Å². The maximum atomic E-state index is 4.46. The first-order valence-electron chi connectivity index (χ1n) is 10.1. The lowest BCUT2D eigenvalue weighted by Crippen LogP contribution is -2.17. The fourth-order valence-corrected chi connectivity index (χ4v) is 4.92. The minimum absolute atomic E-state index is 0.0470. The van der Waals surface area contributed by atoms with Crippen molar-refractivity contribution in [3.05, 3.63) is 101 Å². The van der Waals surface area contributed by atoms with Crippen LogP contribution in [0.2, 0.25) is 0 Å². The molecule has 148 valence electrons. The van der Waals surface area contributed by atoms with Crippen molar-refractivity contribution in [2.45, 2.75) is 26.2 Å². The number of rotatable bonds is 2. The molecule has 1 aliphatic heterocycles. The Hall–Kier alpha value is -3.17. The molecule has 0 atom stereocenters. The maximum absolute atomic E-state index is 4.46. The van der Waals surface area contributed by atoms with E-state index in [0.717, 1.165) is 17.2 Å². The molecule has 0 fully saturated rings. The van der Waals surface area contributed by atoms with Gasteiger partial charge in [0.1, 0.15) is 23.6 Å². The molecule has 0 N–H and O–H groups in total. The number of hydrogen-bond donors (Lipinski definition) is 0. The predicted molar refractivity (Wildman–Crippen MR) is 129 cm³/mol. The second-order valence-corrected chi connectivity index (χ2v) is 9.73. The Morgan fingerprint density at radius 1 is 1.10 bits per heavy atom. The summed E-state index contributed by atoms with van der Waals surface area (Å²) in [7, 11) is 0. The van der Waals surface area contributed by atoms with Crippen LogP contribution in [0, 0.1) is 6.04 Å². The molecular weight excluding hydrogens is 384 g/mol. The van der Waals surface area contributed by atoms with Gasteiger partial charge in [-0.2, -0.15) is 0 Å². The second kappa shape index (κ2) is 6.96. The molecule has 0 bridgehead atoms. The van der Waals surface area contributed by atoms with Crippen molar-refractivity contribution in [1.82, 2.24) is 4.98 Å². The summed E-state index contributed by atoms with van der Waals surface area (Å²) in [5.41, 5.74) is 4.90. The summed E-state index contributed by atoms with van der Waals surface area (Å²) in [5, 5.41) is 5.94. The maximum Gasteiger partial charge on any atom is 0.164 e. The lowest BCUT2D eigenvalue weighted by Gasteiger charge is -2.27. The molecule has 2 aromatic heterocycles. The molecule has 0 unspecified atom stereocenters. The van der Waals surface area contributed by atoms with Crippen molar-refractivity contribution in [2.75, 3.05) is 0 Å². The van der Waals surface area contributed by atoms with Crippen LogP contribution in [0.3, 0.4) is 0 Å². The van der Waals surface area contributed by atoms with Crippen LogP contribution < -0.4 is 0 Å². The molecule has 0 saturated heterocycles. The van der Waals surface area contributed by atoms with Gasteiger partial charge in [0.05, 0.1) is 12.1 Å². The van der Waals surface area contributed by atoms with Crippen LogP contribution in [-0.4, -0.2) is 16.3 Å². The minimum atomic E-state index is 0.0470. The van der Waals surface area contributed by atoms with Crippen LogP contribution in [0.4, 0.5) is 0 Å². The average Bonchev–Trinajstić information content (AvgIpc) is 3.22. The summed E-state index contributed by atoms with van der Waals surface area (Å²) < 4.78 is 3.17. The van der Waals surface area contributed by atoms with E-state index < -0.39 is 0 Å². The third-order valence-corrected chi connectivity index (χ3v) is 6.54. The van der Waals surface area contributed by atoms with E-state index in [-0.39, 0.29) is 5.41 Å². The van der Waals surface area contributed by atoms with Gasteiger partial charge in [-0.25, -0.2) is 0 Å². The van der Waals surface area contributed by atoms with Crippen molar-refractivity contribution < 1.29 is 4.58 Å². The quantitative estimate of drug-likeness (QED) is 0.199. The first kappa shape index (κ1) is 18.8. The molecule has 4 aromatic rings. The summed E-state index contributed by atoms with van der Waals surface area (Å²) in [6, 6.07) is 16.5. The van der Waals surface area contributed by atoms with Crippen LogP contribution in [0.1, 0.15) is 37.5 Å². The molecule has 0 saturated carbocycles. The molecule has 0 spiro atoms. The fraction of sp³-hybridized carbons (Fsp3) is 0.148. The normalized spacial score (nSPS) is 14.6. The van der Waals surface area contributed by atoms with Gasteiger partial charge in [-0.15, -0.1) is 6.07 Å². The van der Waals surface area contributed by atoms with E-state index in [1.165, 1.54) is 32.0 Å². The Kier molecular flexibility index (Phi) is 4.37. The highest BCUT2D eigenvalue weighted by molar-refractivity contribution is 7.17. The molecule has 2 nitrogen and oxygen atoms in total. The van der Waals surface area contributed by atoms with Crippen molar-refractivity contribution in [3.8, 4) is 0 Å². The van der Waals surface area contributed by atoms with Crippen LogP contribution >= 0.6 is 11.3 Å². The molecule has 5 rings (SSSR count). The van der Waals surface area contributed by atoms with Crippen molar-refractivity contribution in [3.63, 3.8) is 0 Å². The predicted octanol–water partition coefficient (Wildman–Crippen LogP) is 6.95. The summed E-state index contributed by atoms with van der Waals surface area (Å²) in [4.78, 5) is 4.46.